The third-order valence-electron chi connectivity index (χ3n) is 0.256. The van der Waals surface area contributed by atoms with Crippen molar-refractivity contribution in [2.45, 2.75) is 0 Å². The first-order chi connectivity index (χ1) is 2.81. The van der Waals surface area contributed by atoms with E-state index in [4.69, 9.17) is 5.21 Å². The second-order valence-electron chi connectivity index (χ2n) is 0.679. The van der Waals surface area contributed by atoms with Crippen molar-refractivity contribution < 1.29 is 15.1 Å². The molecular formula is C2H4NO3. The first-order valence-corrected chi connectivity index (χ1v) is 1.32. The van der Waals surface area contributed by atoms with Gasteiger partial charge in [-0.25, -0.2) is 10.6 Å². The highest BCUT2D eigenvalue weighted by molar-refractivity contribution is 5.75. The fourth-order valence-electron chi connectivity index (χ4n) is 0.0323. The van der Waals surface area contributed by atoms with Gasteiger partial charge >= 0.3 is 0 Å². The molecule has 4 heteroatoms. The number of carbonyl (C=O) groups excluding carboxylic acids is 1. The minimum atomic E-state index is -0.920. The summed E-state index contributed by atoms with van der Waals surface area (Å²) in [6.07, 6.45) is 0. The van der Waals surface area contributed by atoms with Crippen LogP contribution >= 0.6 is 0 Å². The number of rotatable bonds is 1. The standard InChI is InChI=1S/C2H4NO3/c4-1-2(5)3-6/h6H,1H2,(H,3,5). The van der Waals surface area contributed by atoms with Crippen LogP contribution in [-0.4, -0.2) is 17.7 Å². The molecule has 0 heterocycles. The van der Waals surface area contributed by atoms with Crippen molar-refractivity contribution in [3.8, 4) is 0 Å². The van der Waals surface area contributed by atoms with Crippen molar-refractivity contribution in [1.82, 2.24) is 5.48 Å². The number of amides is 1. The van der Waals surface area contributed by atoms with Crippen molar-refractivity contribution in [3.63, 3.8) is 0 Å². The lowest BCUT2D eigenvalue weighted by Gasteiger charge is -1.83. The molecule has 6 heavy (non-hydrogen) atoms. The van der Waals surface area contributed by atoms with Crippen LogP contribution in [0.25, 0.3) is 0 Å². The van der Waals surface area contributed by atoms with Gasteiger partial charge < -0.3 is 0 Å². The molecule has 0 aliphatic carbocycles. The molecule has 0 aromatic heterocycles. The summed E-state index contributed by atoms with van der Waals surface area (Å²) in [5, 5.41) is 16.8. The average molecular weight is 90.1 g/mol. The Morgan fingerprint density at radius 1 is 1.83 bits per heavy atom. The van der Waals surface area contributed by atoms with Crippen LogP contribution in [0.15, 0.2) is 0 Å². The molecule has 0 saturated heterocycles. The van der Waals surface area contributed by atoms with Crippen LogP contribution in [0.5, 0.6) is 0 Å². The molecule has 0 aliphatic heterocycles. The number of hydrogen-bond donors (Lipinski definition) is 2. The molecule has 0 spiro atoms. The van der Waals surface area contributed by atoms with Crippen molar-refractivity contribution in [1.29, 1.82) is 0 Å². The highest BCUT2D eigenvalue weighted by Crippen LogP contribution is 1.52. The Kier molecular flexibility index (Phi) is 2.35. The van der Waals surface area contributed by atoms with E-state index in [0.717, 1.165) is 5.48 Å². The summed E-state index contributed by atoms with van der Waals surface area (Å²) >= 11 is 0. The highest BCUT2D eigenvalue weighted by Gasteiger charge is 1.90. The van der Waals surface area contributed by atoms with Gasteiger partial charge in [0.15, 0.2) is 6.61 Å². The van der Waals surface area contributed by atoms with Crippen LogP contribution in [0, 0.1) is 0 Å². The molecule has 0 saturated carbocycles. The summed E-state index contributed by atoms with van der Waals surface area (Å²) in [7, 11) is 0. The van der Waals surface area contributed by atoms with Crippen molar-refractivity contribution >= 4 is 5.91 Å². The topological polar surface area (TPSA) is 69.2 Å². The maximum absolute atomic E-state index is 9.51. The number of nitrogens with one attached hydrogen (secondary N) is 1. The van der Waals surface area contributed by atoms with Crippen LogP contribution in [0.3, 0.4) is 0 Å². The van der Waals surface area contributed by atoms with Crippen LogP contribution < -0.4 is 5.48 Å². The summed E-state index contributed by atoms with van der Waals surface area (Å²) in [6, 6.07) is 0. The van der Waals surface area contributed by atoms with E-state index in [9.17, 15) is 9.90 Å². The molecule has 1 radical (unpaired) electrons. The van der Waals surface area contributed by atoms with E-state index in [-0.39, 0.29) is 0 Å². The van der Waals surface area contributed by atoms with Gasteiger partial charge in [0.05, 0.1) is 0 Å². The fourth-order valence-corrected chi connectivity index (χ4v) is 0.0323. The summed E-state index contributed by atoms with van der Waals surface area (Å²) < 4.78 is 0. The van der Waals surface area contributed by atoms with Crippen LogP contribution in [-0.2, 0) is 9.90 Å². The second-order valence-corrected chi connectivity index (χ2v) is 0.679. The molecule has 2 N–H and O–H groups in total. The van der Waals surface area contributed by atoms with Gasteiger partial charge in [0.2, 0.25) is 0 Å². The van der Waals surface area contributed by atoms with E-state index in [0.29, 0.717) is 0 Å². The Bertz CT molecular complexity index is 46.8. The van der Waals surface area contributed by atoms with E-state index in [1.165, 1.54) is 0 Å². The summed E-state index contributed by atoms with van der Waals surface area (Å²) in [5.74, 6) is -0.907. The number of hydroxylamine groups is 1. The van der Waals surface area contributed by atoms with E-state index in [1.807, 2.05) is 0 Å². The summed E-state index contributed by atoms with van der Waals surface area (Å²) in [5.41, 5.74) is 1.16. The Balaban J connectivity index is 2.99. The zero-order chi connectivity index (χ0) is 4.99. The molecule has 1 amide bonds. The van der Waals surface area contributed by atoms with Crippen molar-refractivity contribution in [3.05, 3.63) is 0 Å². The lowest BCUT2D eigenvalue weighted by molar-refractivity contribution is -0.133. The molecule has 0 aliphatic rings. The molecular weight excluding hydrogens is 86.0 g/mol. The maximum Gasteiger partial charge on any atom is 0.272 e. The van der Waals surface area contributed by atoms with Crippen molar-refractivity contribution in [2.75, 3.05) is 6.61 Å². The Morgan fingerprint density at radius 2 is 2.33 bits per heavy atom. The summed E-state index contributed by atoms with van der Waals surface area (Å²) in [4.78, 5) is 9.51. The third kappa shape index (κ3) is 1.68. The van der Waals surface area contributed by atoms with Gasteiger partial charge in [-0.2, -0.15) is 0 Å². The monoisotopic (exact) mass is 90.0 g/mol. The first-order valence-electron chi connectivity index (χ1n) is 1.32. The van der Waals surface area contributed by atoms with E-state index >= 15 is 0 Å². The second kappa shape index (κ2) is 2.62. The first kappa shape index (κ1) is 5.39. The smallest absolute Gasteiger partial charge is 0.272 e. The normalized spacial score (nSPS) is 7.67. The summed E-state index contributed by atoms with van der Waals surface area (Å²) in [6.45, 7) is -0.920. The zero-order valence-corrected chi connectivity index (χ0v) is 2.97. The quantitative estimate of drug-likeness (QED) is 0.317. The predicted molar refractivity (Wildman–Crippen MR) is 15.5 cm³/mol. The van der Waals surface area contributed by atoms with Gasteiger partial charge in [0, 0.05) is 0 Å². The Hall–Kier alpha value is -0.610. The van der Waals surface area contributed by atoms with Gasteiger partial charge in [-0.1, -0.05) is 0 Å². The third-order valence-corrected chi connectivity index (χ3v) is 0.256. The largest absolute Gasteiger partial charge is 0.289 e. The van der Waals surface area contributed by atoms with Gasteiger partial charge in [0.25, 0.3) is 5.91 Å². The van der Waals surface area contributed by atoms with E-state index in [2.05, 4.69) is 0 Å². The van der Waals surface area contributed by atoms with Crippen LogP contribution in [0.4, 0.5) is 0 Å². The number of hydrogen-bond acceptors (Lipinski definition) is 2. The Morgan fingerprint density at radius 3 is 2.33 bits per heavy atom. The van der Waals surface area contributed by atoms with Gasteiger partial charge in [-0.05, 0) is 0 Å². The van der Waals surface area contributed by atoms with E-state index in [1.54, 1.807) is 0 Å². The maximum atomic E-state index is 9.51. The SMILES string of the molecule is [O]CC(=O)NO. The Labute approximate surface area is 34.4 Å². The fraction of sp³-hybridized carbons (Fsp3) is 0.500. The minimum Gasteiger partial charge on any atom is -0.289 e. The average Bonchev–Trinajstić information content (AvgIpc) is 1.65. The highest BCUT2D eigenvalue weighted by atomic mass is 16.5. The lowest BCUT2D eigenvalue weighted by Crippen LogP contribution is -2.20. The van der Waals surface area contributed by atoms with Crippen LogP contribution in [0.2, 0.25) is 0 Å². The zero-order valence-electron chi connectivity index (χ0n) is 2.97. The van der Waals surface area contributed by atoms with Crippen molar-refractivity contribution in [2.24, 2.45) is 0 Å². The molecule has 0 aromatic rings. The molecule has 35 valence electrons. The molecule has 0 atom stereocenters. The van der Waals surface area contributed by atoms with Gasteiger partial charge in [-0.15, -0.1) is 0 Å². The molecule has 0 rings (SSSR count). The van der Waals surface area contributed by atoms with Gasteiger partial charge in [0.1, 0.15) is 0 Å². The molecule has 0 fully saturated rings. The molecule has 0 unspecified atom stereocenters. The molecule has 4 nitrogen and oxygen atoms in total. The van der Waals surface area contributed by atoms with Crippen LogP contribution in [0.1, 0.15) is 0 Å². The molecule has 0 bridgehead atoms. The van der Waals surface area contributed by atoms with E-state index < -0.39 is 12.5 Å². The molecule has 0 aromatic carbocycles. The van der Waals surface area contributed by atoms with Gasteiger partial charge in [-0.3, -0.25) is 10.0 Å². The predicted octanol–water partition coefficient (Wildman–Crippen LogP) is -1.08. The lowest BCUT2D eigenvalue weighted by atomic mass is 10.7. The minimum absolute atomic E-state index is 0.907. The number of carbonyl (C=O) groups is 1.